The van der Waals surface area contributed by atoms with Gasteiger partial charge in [0.25, 0.3) is 0 Å². The minimum Gasteiger partial charge on any atom is -0.465 e. The fraction of sp³-hybridized carbons (Fsp3) is 0.462. The number of carbonyl (C=O) groups is 1. The Bertz CT molecular complexity index is 1210. The topological polar surface area (TPSA) is 74.0 Å². The Labute approximate surface area is 200 Å². The van der Waals surface area contributed by atoms with Crippen molar-refractivity contribution in [1.29, 1.82) is 0 Å². The van der Waals surface area contributed by atoms with Gasteiger partial charge in [0.2, 0.25) is 0 Å². The van der Waals surface area contributed by atoms with Crippen molar-refractivity contribution < 1.29 is 9.90 Å². The van der Waals surface area contributed by atoms with E-state index in [-0.39, 0.29) is 5.69 Å². The minimum absolute atomic E-state index is 0.0725. The summed E-state index contributed by atoms with van der Waals surface area (Å²) in [4.78, 5) is 30.8. The van der Waals surface area contributed by atoms with Crippen molar-refractivity contribution in [3.8, 4) is 0 Å². The molecule has 1 fully saturated rings. The maximum absolute atomic E-state index is 13.3. The van der Waals surface area contributed by atoms with Crippen LogP contribution in [0.15, 0.2) is 47.3 Å². The molecule has 34 heavy (non-hydrogen) atoms. The first-order valence-corrected chi connectivity index (χ1v) is 12.1. The zero-order valence-electron chi connectivity index (χ0n) is 20.4. The highest BCUT2D eigenvalue weighted by Gasteiger charge is 2.20. The summed E-state index contributed by atoms with van der Waals surface area (Å²) in [5.74, 6) is 0. The SMILES string of the molecule is CCN(CCn1c(=O)n(CCN2CCN(c3cccc(C)c3C)CC2)c2ccccc21)C(=O)O. The molecule has 4 rings (SSSR count). The molecule has 1 aliphatic rings. The summed E-state index contributed by atoms with van der Waals surface area (Å²) in [6, 6.07) is 14.3. The van der Waals surface area contributed by atoms with Crippen LogP contribution in [0.2, 0.25) is 0 Å². The van der Waals surface area contributed by atoms with Gasteiger partial charge in [-0.3, -0.25) is 14.0 Å². The van der Waals surface area contributed by atoms with Gasteiger partial charge < -0.3 is 14.9 Å². The maximum atomic E-state index is 13.3. The van der Waals surface area contributed by atoms with Crippen LogP contribution >= 0.6 is 0 Å². The molecule has 1 aromatic heterocycles. The molecule has 0 bridgehead atoms. The highest BCUT2D eigenvalue weighted by Crippen LogP contribution is 2.24. The van der Waals surface area contributed by atoms with Crippen LogP contribution in [-0.2, 0) is 13.1 Å². The van der Waals surface area contributed by atoms with Gasteiger partial charge in [-0.15, -0.1) is 0 Å². The van der Waals surface area contributed by atoms with Gasteiger partial charge in [0.1, 0.15) is 0 Å². The lowest BCUT2D eigenvalue weighted by molar-refractivity contribution is 0.146. The molecule has 2 heterocycles. The quantitative estimate of drug-likeness (QED) is 0.553. The Balaban J connectivity index is 1.43. The molecule has 182 valence electrons. The molecular weight excluding hydrogens is 430 g/mol. The second-order valence-electron chi connectivity index (χ2n) is 8.98. The van der Waals surface area contributed by atoms with Crippen molar-refractivity contribution in [3.05, 3.63) is 64.1 Å². The predicted molar refractivity (Wildman–Crippen MR) is 136 cm³/mol. The van der Waals surface area contributed by atoms with E-state index in [0.29, 0.717) is 26.2 Å². The Morgan fingerprint density at radius 1 is 0.912 bits per heavy atom. The first kappa shape index (κ1) is 23.9. The number of para-hydroxylation sites is 2. The van der Waals surface area contributed by atoms with Gasteiger partial charge in [-0.25, -0.2) is 9.59 Å². The van der Waals surface area contributed by atoms with E-state index in [4.69, 9.17) is 0 Å². The number of imidazole rings is 1. The van der Waals surface area contributed by atoms with Crippen molar-refractivity contribution in [2.45, 2.75) is 33.9 Å². The fourth-order valence-corrected chi connectivity index (χ4v) is 4.85. The summed E-state index contributed by atoms with van der Waals surface area (Å²) in [5.41, 5.74) is 5.67. The van der Waals surface area contributed by atoms with E-state index >= 15 is 0 Å². The van der Waals surface area contributed by atoms with E-state index in [1.165, 1.54) is 21.7 Å². The van der Waals surface area contributed by atoms with Gasteiger partial charge in [0, 0.05) is 64.6 Å². The summed E-state index contributed by atoms with van der Waals surface area (Å²) < 4.78 is 3.54. The molecule has 8 nitrogen and oxygen atoms in total. The fourth-order valence-electron chi connectivity index (χ4n) is 4.85. The number of aromatic nitrogens is 2. The molecule has 1 saturated heterocycles. The van der Waals surface area contributed by atoms with E-state index in [2.05, 4.69) is 41.8 Å². The zero-order chi connectivity index (χ0) is 24.2. The van der Waals surface area contributed by atoms with Crippen molar-refractivity contribution in [1.82, 2.24) is 18.9 Å². The number of rotatable bonds is 8. The number of hydrogen-bond acceptors (Lipinski definition) is 4. The number of piperazine rings is 1. The molecule has 0 saturated carbocycles. The van der Waals surface area contributed by atoms with Gasteiger partial charge in [0.05, 0.1) is 11.0 Å². The number of hydrogen-bond donors (Lipinski definition) is 1. The van der Waals surface area contributed by atoms with E-state index in [0.717, 1.165) is 43.8 Å². The number of fused-ring (bicyclic) bond motifs is 1. The van der Waals surface area contributed by atoms with Crippen LogP contribution < -0.4 is 10.6 Å². The van der Waals surface area contributed by atoms with Crippen LogP contribution in [-0.4, -0.2) is 75.9 Å². The van der Waals surface area contributed by atoms with Crippen molar-refractivity contribution in [2.75, 3.05) is 50.7 Å². The smallest absolute Gasteiger partial charge is 0.407 e. The standard InChI is InChI=1S/C26H35N5O3/c1-4-28(26(33)34)17-19-31-24-10-6-5-9-23(24)30(25(31)32)18-14-27-12-15-29(16-13-27)22-11-7-8-20(2)21(22)3/h5-11H,4,12-19H2,1-3H3,(H,33,34). The number of amides is 1. The Morgan fingerprint density at radius 2 is 1.56 bits per heavy atom. The maximum Gasteiger partial charge on any atom is 0.407 e. The van der Waals surface area contributed by atoms with E-state index < -0.39 is 6.09 Å². The molecular formula is C26H35N5O3. The lowest BCUT2D eigenvalue weighted by Crippen LogP contribution is -2.47. The van der Waals surface area contributed by atoms with Crippen molar-refractivity contribution >= 4 is 22.8 Å². The third kappa shape index (κ3) is 4.82. The lowest BCUT2D eigenvalue weighted by Gasteiger charge is -2.37. The second kappa shape index (κ2) is 10.3. The van der Waals surface area contributed by atoms with Gasteiger partial charge in [-0.1, -0.05) is 24.3 Å². The molecule has 1 N–H and O–H groups in total. The summed E-state index contributed by atoms with van der Waals surface area (Å²) in [6.07, 6.45) is -0.959. The van der Waals surface area contributed by atoms with Crippen molar-refractivity contribution in [3.63, 3.8) is 0 Å². The van der Waals surface area contributed by atoms with Crippen LogP contribution in [0.4, 0.5) is 10.5 Å². The van der Waals surface area contributed by atoms with E-state index in [9.17, 15) is 14.7 Å². The summed E-state index contributed by atoms with van der Waals surface area (Å²) in [7, 11) is 0. The minimum atomic E-state index is -0.959. The van der Waals surface area contributed by atoms with Crippen LogP contribution in [0.25, 0.3) is 11.0 Å². The third-order valence-electron chi connectivity index (χ3n) is 7.10. The number of aryl methyl sites for hydroxylation is 1. The molecule has 0 unspecified atom stereocenters. The normalized spacial score (nSPS) is 14.6. The molecule has 2 aromatic carbocycles. The summed E-state index contributed by atoms with van der Waals surface area (Å²) >= 11 is 0. The highest BCUT2D eigenvalue weighted by atomic mass is 16.4. The highest BCUT2D eigenvalue weighted by molar-refractivity contribution is 5.76. The van der Waals surface area contributed by atoms with Gasteiger partial charge in [-0.2, -0.15) is 0 Å². The van der Waals surface area contributed by atoms with E-state index in [1.54, 1.807) is 11.5 Å². The molecule has 1 amide bonds. The number of likely N-dealkylation sites (N-methyl/N-ethyl adjacent to an activating group) is 1. The Morgan fingerprint density at radius 3 is 2.18 bits per heavy atom. The van der Waals surface area contributed by atoms with Crippen molar-refractivity contribution in [2.24, 2.45) is 0 Å². The number of benzene rings is 2. The number of nitrogens with zero attached hydrogens (tertiary/aromatic N) is 5. The van der Waals surface area contributed by atoms with E-state index in [1.807, 2.05) is 28.8 Å². The van der Waals surface area contributed by atoms with Crippen LogP contribution in [0.5, 0.6) is 0 Å². The van der Waals surface area contributed by atoms with Gasteiger partial charge in [-0.05, 0) is 50.1 Å². The van der Waals surface area contributed by atoms with Crippen LogP contribution in [0, 0.1) is 13.8 Å². The molecule has 8 heteroatoms. The van der Waals surface area contributed by atoms with Crippen LogP contribution in [0.1, 0.15) is 18.1 Å². The molecule has 0 spiro atoms. The van der Waals surface area contributed by atoms with Gasteiger partial charge >= 0.3 is 11.8 Å². The molecule has 0 radical (unpaired) electrons. The first-order chi connectivity index (χ1) is 16.4. The predicted octanol–water partition coefficient (Wildman–Crippen LogP) is 3.24. The molecule has 0 aliphatic carbocycles. The molecule has 3 aromatic rings. The largest absolute Gasteiger partial charge is 0.465 e. The number of carboxylic acid groups (broad SMARTS) is 1. The Hall–Kier alpha value is -3.26. The second-order valence-corrected chi connectivity index (χ2v) is 8.98. The lowest BCUT2D eigenvalue weighted by atomic mass is 10.1. The average molecular weight is 466 g/mol. The summed E-state index contributed by atoms with van der Waals surface area (Å²) in [6.45, 7) is 12.5. The monoisotopic (exact) mass is 465 g/mol. The Kier molecular flexibility index (Phi) is 7.26. The van der Waals surface area contributed by atoms with Gasteiger partial charge in [0.15, 0.2) is 0 Å². The average Bonchev–Trinajstić information content (AvgIpc) is 3.11. The number of anilines is 1. The summed E-state index contributed by atoms with van der Waals surface area (Å²) in [5, 5.41) is 9.31. The third-order valence-corrected chi connectivity index (χ3v) is 7.10. The van der Waals surface area contributed by atoms with Crippen LogP contribution in [0.3, 0.4) is 0 Å². The molecule has 0 atom stereocenters. The zero-order valence-corrected chi connectivity index (χ0v) is 20.4. The first-order valence-electron chi connectivity index (χ1n) is 12.1. The molecule has 1 aliphatic heterocycles.